The third-order valence-corrected chi connectivity index (χ3v) is 10.2. The fourth-order valence-corrected chi connectivity index (χ4v) is 7.87. The molecule has 0 bridgehead atoms. The summed E-state index contributed by atoms with van der Waals surface area (Å²) in [4.78, 5) is 2.40. The molecule has 0 N–H and O–H groups in total. The molecule has 44 heavy (non-hydrogen) atoms. The highest BCUT2D eigenvalue weighted by Gasteiger charge is 2.48. The Morgan fingerprint density at radius 1 is 0.432 bits per heavy atom. The van der Waals surface area contributed by atoms with Crippen LogP contribution in [0.4, 0.5) is 17.1 Å². The van der Waals surface area contributed by atoms with Crippen molar-refractivity contribution >= 4 is 39.0 Å². The quantitative estimate of drug-likeness (QED) is 0.210. The summed E-state index contributed by atoms with van der Waals surface area (Å²) >= 11 is 0. The fraction of sp³-hybridized carbons (Fsp3) is 0.143. The highest BCUT2D eigenvalue weighted by atomic mass is 16.3. The number of hydrogen-bond donors (Lipinski definition) is 0. The van der Waals surface area contributed by atoms with E-state index >= 15 is 0 Å². The molecule has 1 aromatic heterocycles. The standard InChI is InChI=1S/C42H33NO/c1-41(2)33-22-27(26-19-20-38-32(21-26)31-17-11-12-18-37(31)44-38)23-34-39(33)40-35(41)24-30(25-36(40)42(34,3)4)43(28-13-7-5-8-14-28)29-15-9-6-10-16-29/h5-25H,1-4H3. The largest absolute Gasteiger partial charge is 0.456 e. The third kappa shape index (κ3) is 3.37. The van der Waals surface area contributed by atoms with Gasteiger partial charge >= 0.3 is 0 Å². The number of hydrogen-bond acceptors (Lipinski definition) is 2. The van der Waals surface area contributed by atoms with Crippen molar-refractivity contribution in [2.24, 2.45) is 0 Å². The normalized spacial score (nSPS) is 15.2. The zero-order valence-electron chi connectivity index (χ0n) is 25.5. The minimum absolute atomic E-state index is 0.137. The molecular formula is C42H33NO. The minimum Gasteiger partial charge on any atom is -0.456 e. The maximum absolute atomic E-state index is 6.15. The van der Waals surface area contributed by atoms with Crippen LogP contribution in [0.5, 0.6) is 0 Å². The van der Waals surface area contributed by atoms with E-state index in [2.05, 4.69) is 154 Å². The molecule has 2 heteroatoms. The van der Waals surface area contributed by atoms with Gasteiger partial charge in [-0.15, -0.1) is 0 Å². The molecule has 0 saturated carbocycles. The average Bonchev–Trinajstić information content (AvgIpc) is 3.61. The number of nitrogens with zero attached hydrogens (tertiary/aromatic N) is 1. The smallest absolute Gasteiger partial charge is 0.135 e. The Morgan fingerprint density at radius 3 is 1.52 bits per heavy atom. The second kappa shape index (κ2) is 8.74. The maximum atomic E-state index is 6.15. The van der Waals surface area contributed by atoms with Crippen LogP contribution in [-0.2, 0) is 10.8 Å². The lowest BCUT2D eigenvalue weighted by Crippen LogP contribution is -2.23. The van der Waals surface area contributed by atoms with E-state index in [4.69, 9.17) is 4.42 Å². The summed E-state index contributed by atoms with van der Waals surface area (Å²) in [5.74, 6) is 0. The first-order valence-corrected chi connectivity index (χ1v) is 15.5. The molecule has 9 rings (SSSR count). The summed E-state index contributed by atoms with van der Waals surface area (Å²) < 4.78 is 6.15. The summed E-state index contributed by atoms with van der Waals surface area (Å²) in [6.45, 7) is 9.61. The van der Waals surface area contributed by atoms with E-state index in [9.17, 15) is 0 Å². The maximum Gasteiger partial charge on any atom is 0.135 e. The summed E-state index contributed by atoms with van der Waals surface area (Å²) in [6.07, 6.45) is 0. The molecule has 0 fully saturated rings. The van der Waals surface area contributed by atoms with Crippen molar-refractivity contribution in [3.63, 3.8) is 0 Å². The van der Waals surface area contributed by atoms with Crippen molar-refractivity contribution in [2.75, 3.05) is 4.90 Å². The zero-order chi connectivity index (χ0) is 29.8. The van der Waals surface area contributed by atoms with Gasteiger partial charge in [-0.2, -0.15) is 0 Å². The van der Waals surface area contributed by atoms with Gasteiger partial charge in [0.2, 0.25) is 0 Å². The van der Waals surface area contributed by atoms with Crippen molar-refractivity contribution < 1.29 is 4.42 Å². The van der Waals surface area contributed by atoms with Gasteiger partial charge in [0, 0.05) is 38.7 Å². The van der Waals surface area contributed by atoms with Crippen LogP contribution >= 0.6 is 0 Å². The van der Waals surface area contributed by atoms with E-state index in [1.807, 2.05) is 6.07 Å². The van der Waals surface area contributed by atoms with E-state index in [1.54, 1.807) is 0 Å². The topological polar surface area (TPSA) is 16.4 Å². The number of benzene rings is 6. The number of rotatable bonds is 4. The van der Waals surface area contributed by atoms with Crippen LogP contribution in [0.2, 0.25) is 0 Å². The Bertz CT molecular complexity index is 2170. The van der Waals surface area contributed by atoms with Crippen molar-refractivity contribution in [3.05, 3.63) is 150 Å². The van der Waals surface area contributed by atoms with Gasteiger partial charge in [-0.3, -0.25) is 0 Å². The first kappa shape index (κ1) is 25.4. The summed E-state index contributed by atoms with van der Waals surface area (Å²) in [6, 6.07) is 46.3. The molecule has 2 aliphatic carbocycles. The molecular weight excluding hydrogens is 534 g/mol. The van der Waals surface area contributed by atoms with E-state index in [0.29, 0.717) is 0 Å². The van der Waals surface area contributed by atoms with Crippen LogP contribution in [0.15, 0.2) is 132 Å². The van der Waals surface area contributed by atoms with E-state index in [0.717, 1.165) is 22.5 Å². The van der Waals surface area contributed by atoms with Crippen LogP contribution in [0.1, 0.15) is 49.9 Å². The Kier molecular flexibility index (Phi) is 5.05. The molecule has 0 spiro atoms. The van der Waals surface area contributed by atoms with E-state index < -0.39 is 0 Å². The van der Waals surface area contributed by atoms with Crippen molar-refractivity contribution in [1.29, 1.82) is 0 Å². The highest BCUT2D eigenvalue weighted by molar-refractivity contribution is 6.06. The molecule has 2 nitrogen and oxygen atoms in total. The predicted molar refractivity (Wildman–Crippen MR) is 184 cm³/mol. The van der Waals surface area contributed by atoms with Gasteiger partial charge in [-0.1, -0.05) is 88.4 Å². The fourth-order valence-electron chi connectivity index (χ4n) is 7.87. The van der Waals surface area contributed by atoms with Crippen LogP contribution < -0.4 is 4.90 Å². The van der Waals surface area contributed by atoms with Gasteiger partial charge in [0.05, 0.1) is 0 Å². The van der Waals surface area contributed by atoms with Crippen LogP contribution in [0.25, 0.3) is 44.2 Å². The number of furan rings is 1. The second-order valence-electron chi connectivity index (χ2n) is 13.4. The minimum atomic E-state index is -0.137. The second-order valence-corrected chi connectivity index (χ2v) is 13.4. The van der Waals surface area contributed by atoms with Crippen molar-refractivity contribution in [1.82, 2.24) is 0 Å². The molecule has 0 saturated heterocycles. The van der Waals surface area contributed by atoms with E-state index in [1.165, 1.54) is 61.0 Å². The third-order valence-electron chi connectivity index (χ3n) is 10.2. The van der Waals surface area contributed by atoms with E-state index in [-0.39, 0.29) is 10.8 Å². The molecule has 7 aromatic rings. The highest BCUT2D eigenvalue weighted by Crippen LogP contribution is 2.62. The first-order chi connectivity index (χ1) is 21.3. The molecule has 0 radical (unpaired) electrons. The molecule has 2 aliphatic rings. The lowest BCUT2D eigenvalue weighted by atomic mass is 9.74. The van der Waals surface area contributed by atoms with Crippen LogP contribution in [0.3, 0.4) is 0 Å². The number of fused-ring (bicyclic) bond motifs is 3. The van der Waals surface area contributed by atoms with Crippen molar-refractivity contribution in [2.45, 2.75) is 38.5 Å². The van der Waals surface area contributed by atoms with Gasteiger partial charge in [-0.05, 0) is 111 Å². The Labute approximate surface area is 258 Å². The van der Waals surface area contributed by atoms with Gasteiger partial charge in [0.25, 0.3) is 0 Å². The van der Waals surface area contributed by atoms with Gasteiger partial charge in [0.15, 0.2) is 0 Å². The van der Waals surface area contributed by atoms with Crippen LogP contribution in [-0.4, -0.2) is 0 Å². The van der Waals surface area contributed by atoms with Gasteiger partial charge in [0.1, 0.15) is 11.2 Å². The van der Waals surface area contributed by atoms with Crippen molar-refractivity contribution in [3.8, 4) is 22.3 Å². The molecule has 1 heterocycles. The molecule has 0 aliphatic heterocycles. The molecule has 0 atom stereocenters. The average molecular weight is 568 g/mol. The zero-order valence-corrected chi connectivity index (χ0v) is 25.5. The molecule has 6 aromatic carbocycles. The van der Waals surface area contributed by atoms with Crippen LogP contribution in [0, 0.1) is 0 Å². The number of para-hydroxylation sites is 3. The Hall–Kier alpha value is -5.08. The van der Waals surface area contributed by atoms with Gasteiger partial charge < -0.3 is 9.32 Å². The lowest BCUT2D eigenvalue weighted by Gasteiger charge is -2.32. The Morgan fingerprint density at radius 2 is 0.932 bits per heavy atom. The molecule has 0 amide bonds. The molecule has 212 valence electrons. The summed E-state index contributed by atoms with van der Waals surface area (Å²) in [5, 5.41) is 2.34. The summed E-state index contributed by atoms with van der Waals surface area (Å²) in [7, 11) is 0. The summed E-state index contributed by atoms with van der Waals surface area (Å²) in [5.41, 5.74) is 16.2. The lowest BCUT2D eigenvalue weighted by molar-refractivity contribution is 0.630. The predicted octanol–water partition coefficient (Wildman–Crippen LogP) is 11.7. The van der Waals surface area contributed by atoms with Gasteiger partial charge in [-0.25, -0.2) is 0 Å². The monoisotopic (exact) mass is 567 g/mol. The molecule has 0 unspecified atom stereocenters. The Balaban J connectivity index is 1.25. The SMILES string of the molecule is CC1(C)c2cc(-c3ccc4oc5ccccc5c4c3)cc3c2-c2c1cc(N(c1ccccc1)c1ccccc1)cc2C3(C)C. The number of anilines is 3. The first-order valence-electron chi connectivity index (χ1n) is 15.5.